The Balaban J connectivity index is 0. The molecule has 0 spiro atoms. The van der Waals surface area contributed by atoms with Gasteiger partial charge in [-0.25, -0.2) is 0 Å². The van der Waals surface area contributed by atoms with E-state index in [0.29, 0.717) is 0 Å². The Kier molecular flexibility index (Phi) is 4990. The molecule has 0 saturated heterocycles. The Morgan fingerprint density at radius 3 is 0.0244 bits per heavy atom. The van der Waals surface area contributed by atoms with E-state index in [4.69, 9.17) is 0 Å². The van der Waals surface area contributed by atoms with Gasteiger partial charge < -0.3 is 0 Å². The van der Waals surface area contributed by atoms with Crippen molar-refractivity contribution in [1.29, 1.82) is 0 Å². The first-order valence-corrected chi connectivity index (χ1v) is 0. The summed E-state index contributed by atoms with van der Waals surface area (Å²) in [5.74, 6) is 0. The van der Waals surface area contributed by atoms with E-state index in [1.807, 2.05) is 0 Å². The van der Waals surface area contributed by atoms with Crippen molar-refractivity contribution in [3.63, 3.8) is 0 Å². The molecule has 0 aliphatic heterocycles. The molecule has 0 aliphatic rings. The normalized spacial score (nSPS) is 0. The Morgan fingerprint density at radius 2 is 0.0244 bits per heavy atom. The maximum absolute atomic E-state index is 0. The molecule has 41 heavy (non-hydrogen) atoms. The van der Waals surface area contributed by atoms with Crippen molar-refractivity contribution in [3.05, 3.63) is 0 Å². The molecule has 0 saturated carbocycles. The fraction of sp³-hybridized carbons (Fsp3) is 0. The first-order valence-electron chi connectivity index (χ1n) is 0. The van der Waals surface area contributed by atoms with E-state index >= 15 is 0 Å². The van der Waals surface area contributed by atoms with E-state index in [1.165, 1.54) is 0 Å². The molecule has 0 unspecified atom stereocenters. The second kappa shape index (κ2) is 442. The van der Waals surface area contributed by atoms with Gasteiger partial charge in [-0.2, -0.15) is 0 Å². The summed E-state index contributed by atoms with van der Waals surface area (Å²) in [4.78, 5) is 0. The largest absolute Gasteiger partial charge is 0 e. The number of hydrogen-bond acceptors (Lipinski definition) is 0. The van der Waals surface area contributed by atoms with Crippen molar-refractivity contribution in [2.75, 3.05) is 0 Å². The maximum Gasteiger partial charge on any atom is 0 e. The minimum Gasteiger partial charge on any atom is 0 e. The number of hydrogen-bond donors (Lipinski definition) is 0. The molecule has 0 bridgehead atoms. The van der Waals surface area contributed by atoms with Gasteiger partial charge >= 0.3 is 0 Å². The number of rotatable bonds is 0. The summed E-state index contributed by atoms with van der Waals surface area (Å²) in [7, 11) is 0. The molecule has 0 nitrogen and oxygen atoms in total. The van der Waals surface area contributed by atoms with Crippen molar-refractivity contribution in [1.82, 2.24) is 0 Å². The molecule has 0 heterocycles. The topological polar surface area (TPSA) is 0 Å². The Labute approximate surface area is 740 Å². The van der Waals surface area contributed by atoms with Gasteiger partial charge in [-0.05, 0) is 0 Å². The van der Waals surface area contributed by atoms with Crippen LogP contribution in [0.5, 0.6) is 0 Å². The molecular weight excluding hydrogens is 2090 g/mol. The zero-order valence-corrected chi connectivity index (χ0v) is 75.6. The third-order valence-electron chi connectivity index (χ3n) is 0. The van der Waals surface area contributed by atoms with Gasteiger partial charge in [-0.1, -0.05) is 0 Å². The average molecular weight is 2090 g/mol. The van der Waals surface area contributed by atoms with Crippen LogP contribution in [0, 0.1) is 0 Å². The second-order valence-electron chi connectivity index (χ2n) is 0. The predicted octanol–water partition coefficient (Wildman–Crippen LogP) is -0.103. The standard InChI is InChI=1S/41V. The molecule has 0 aliphatic carbocycles. The molecule has 41 heteroatoms. The Hall–Kier alpha value is 24.0. The van der Waals surface area contributed by atoms with Gasteiger partial charge in [0.2, 0.25) is 0 Å². The Bertz CT molecular complexity index is 0. The smallest absolute Gasteiger partial charge is 0 e. The zero-order valence-electron chi connectivity index (χ0n) is 18.3. The molecule has 0 N–H and O–H groups in total. The van der Waals surface area contributed by atoms with Crippen LogP contribution in [0.15, 0.2) is 0 Å². The van der Waals surface area contributed by atoms with Crippen LogP contribution >= 0.6 is 0 Å². The monoisotopic (exact) mass is 2090 g/mol. The van der Waals surface area contributed by atoms with E-state index in [1.54, 1.807) is 0 Å². The molecular formula is V41. The van der Waals surface area contributed by atoms with Gasteiger partial charge in [-0.15, -0.1) is 0 Å². The van der Waals surface area contributed by atoms with Crippen molar-refractivity contribution < 1.29 is 761 Å². The fourth-order valence-corrected chi connectivity index (χ4v) is 0. The third kappa shape index (κ3) is 428. The first kappa shape index (κ1) is 463. The molecule has 0 amide bonds. The predicted molar refractivity (Wildman–Crippen MR) is 0 cm³/mol. The SMILES string of the molecule is [V].[V].[V].[V].[V].[V].[V].[V].[V].[V].[V].[V].[V].[V].[V].[V].[V].[V].[V].[V].[V].[V].[V].[V].[V].[V].[V].[V].[V].[V].[V].[V].[V].[V].[V].[V].[V].[V].[V].[V].[V]. The minimum atomic E-state index is 0. The summed E-state index contributed by atoms with van der Waals surface area (Å²) in [6.45, 7) is 0. The summed E-state index contributed by atoms with van der Waals surface area (Å²) in [5, 5.41) is 0. The molecule has 41 radical (unpaired) electrons. The second-order valence-corrected chi connectivity index (χ2v) is 0. The van der Waals surface area contributed by atoms with Crippen LogP contribution < -0.4 is 0 Å². The molecule has 205 valence electrons. The van der Waals surface area contributed by atoms with E-state index in [0.717, 1.165) is 0 Å². The molecule has 0 fully saturated rings. The van der Waals surface area contributed by atoms with Gasteiger partial charge in [0.05, 0.1) is 0 Å². The van der Waals surface area contributed by atoms with E-state index in [-0.39, 0.29) is 761 Å². The average Bonchev–Trinajstić information content (AvgIpc) is 0. The van der Waals surface area contributed by atoms with Crippen molar-refractivity contribution >= 4 is 0 Å². The molecule has 0 rings (SSSR count). The zero-order chi connectivity index (χ0) is 0. The van der Waals surface area contributed by atoms with Crippen LogP contribution in [-0.2, 0) is 761 Å². The van der Waals surface area contributed by atoms with Gasteiger partial charge in [-0.3, -0.25) is 0 Å². The van der Waals surface area contributed by atoms with Gasteiger partial charge in [0.15, 0.2) is 0 Å². The van der Waals surface area contributed by atoms with Crippen LogP contribution in [0.2, 0.25) is 0 Å². The van der Waals surface area contributed by atoms with E-state index < -0.39 is 0 Å². The summed E-state index contributed by atoms with van der Waals surface area (Å²) >= 11 is 0. The summed E-state index contributed by atoms with van der Waals surface area (Å²) in [6.07, 6.45) is 0. The summed E-state index contributed by atoms with van der Waals surface area (Å²) < 4.78 is 0. The van der Waals surface area contributed by atoms with Crippen LogP contribution in [-0.4, -0.2) is 0 Å². The van der Waals surface area contributed by atoms with Crippen molar-refractivity contribution in [2.24, 2.45) is 0 Å². The van der Waals surface area contributed by atoms with Crippen LogP contribution in [0.1, 0.15) is 0 Å². The molecule has 0 aromatic carbocycles. The van der Waals surface area contributed by atoms with Crippen LogP contribution in [0.4, 0.5) is 0 Å². The van der Waals surface area contributed by atoms with E-state index in [2.05, 4.69) is 0 Å². The Morgan fingerprint density at radius 1 is 0.0244 bits per heavy atom. The van der Waals surface area contributed by atoms with Crippen LogP contribution in [0.3, 0.4) is 0 Å². The maximum atomic E-state index is 0. The molecule has 0 aromatic rings. The summed E-state index contributed by atoms with van der Waals surface area (Å²) in [6, 6.07) is 0. The molecule has 0 atom stereocenters. The molecule has 0 aromatic heterocycles. The van der Waals surface area contributed by atoms with Gasteiger partial charge in [0, 0.05) is 761 Å². The van der Waals surface area contributed by atoms with Gasteiger partial charge in [0.1, 0.15) is 0 Å². The minimum absolute atomic E-state index is 0. The van der Waals surface area contributed by atoms with Crippen LogP contribution in [0.25, 0.3) is 0 Å². The quantitative estimate of drug-likeness (QED) is 0.319. The summed E-state index contributed by atoms with van der Waals surface area (Å²) in [5.41, 5.74) is 0. The van der Waals surface area contributed by atoms with Crippen molar-refractivity contribution in [3.8, 4) is 0 Å². The van der Waals surface area contributed by atoms with Gasteiger partial charge in [0.25, 0.3) is 0 Å². The first-order chi connectivity index (χ1) is 0. The fourth-order valence-electron chi connectivity index (χ4n) is 0. The van der Waals surface area contributed by atoms with Crippen molar-refractivity contribution in [2.45, 2.75) is 0 Å². The third-order valence-corrected chi connectivity index (χ3v) is 0. The van der Waals surface area contributed by atoms with E-state index in [9.17, 15) is 0 Å².